The van der Waals surface area contributed by atoms with Crippen molar-refractivity contribution in [2.75, 3.05) is 11.1 Å². The first-order valence-corrected chi connectivity index (χ1v) is 7.38. The fourth-order valence-corrected chi connectivity index (χ4v) is 2.61. The number of anilines is 1. The summed E-state index contributed by atoms with van der Waals surface area (Å²) in [5.74, 6) is 1.73. The minimum absolute atomic E-state index is 0.0547. The molecule has 2 aromatic rings. The second-order valence-corrected chi connectivity index (χ2v) is 5.58. The Morgan fingerprint density at radius 3 is 2.75 bits per heavy atom. The minimum atomic E-state index is -0.320. The smallest absolute Gasteiger partial charge is 0.227 e. The van der Waals surface area contributed by atoms with Crippen LogP contribution in [0.15, 0.2) is 45.7 Å². The molecule has 1 unspecified atom stereocenters. The normalized spacial score (nSPS) is 12.1. The van der Waals surface area contributed by atoms with Crippen molar-refractivity contribution in [2.24, 2.45) is 5.73 Å². The van der Waals surface area contributed by atoms with E-state index in [1.54, 1.807) is 0 Å². The van der Waals surface area contributed by atoms with Crippen LogP contribution in [0.3, 0.4) is 0 Å². The van der Waals surface area contributed by atoms with Crippen LogP contribution in [0, 0.1) is 6.92 Å². The first-order valence-electron chi connectivity index (χ1n) is 6.39. The van der Waals surface area contributed by atoms with E-state index in [2.05, 4.69) is 5.32 Å². The number of hydrogen-bond acceptors (Lipinski definition) is 4. The number of nitrogens with two attached hydrogens (primary N) is 1. The van der Waals surface area contributed by atoms with E-state index in [-0.39, 0.29) is 17.7 Å². The number of aryl methyl sites for hydroxylation is 1. The summed E-state index contributed by atoms with van der Waals surface area (Å²) in [5, 5.41) is 3.40. The van der Waals surface area contributed by atoms with Gasteiger partial charge in [-0.05, 0) is 38.1 Å². The molecule has 0 fully saturated rings. The summed E-state index contributed by atoms with van der Waals surface area (Å²) in [6.45, 7) is 3.96. The first kappa shape index (κ1) is 14.5. The Hall–Kier alpha value is -1.88. The molecule has 0 bridgehead atoms. The highest BCUT2D eigenvalue weighted by molar-refractivity contribution is 8.00. The van der Waals surface area contributed by atoms with Gasteiger partial charge >= 0.3 is 0 Å². The molecule has 1 amide bonds. The number of furan rings is 1. The lowest BCUT2D eigenvalue weighted by Crippen LogP contribution is -2.13. The van der Waals surface area contributed by atoms with Gasteiger partial charge in [0, 0.05) is 10.6 Å². The standard InChI is InChI=1S/C15H18N2O2S/c1-10-7-8-13(19-10)11(2)17-12-5-3-4-6-14(12)20-9-15(16)18/h3-8,11,17H,9H2,1-2H3,(H2,16,18). The number of carbonyl (C=O) groups excluding carboxylic acids is 1. The van der Waals surface area contributed by atoms with Gasteiger partial charge in [0.25, 0.3) is 0 Å². The van der Waals surface area contributed by atoms with Crippen molar-refractivity contribution in [1.82, 2.24) is 0 Å². The third-order valence-electron chi connectivity index (χ3n) is 2.82. The number of carbonyl (C=O) groups is 1. The van der Waals surface area contributed by atoms with E-state index in [0.29, 0.717) is 0 Å². The van der Waals surface area contributed by atoms with Gasteiger partial charge in [0.15, 0.2) is 0 Å². The third kappa shape index (κ3) is 3.81. The molecule has 2 rings (SSSR count). The molecule has 0 saturated carbocycles. The molecule has 1 atom stereocenters. The number of primary amides is 1. The summed E-state index contributed by atoms with van der Waals surface area (Å²) in [5.41, 5.74) is 6.16. The summed E-state index contributed by atoms with van der Waals surface area (Å²) in [6.07, 6.45) is 0. The molecule has 106 valence electrons. The van der Waals surface area contributed by atoms with Crippen molar-refractivity contribution in [2.45, 2.75) is 24.8 Å². The van der Waals surface area contributed by atoms with E-state index in [1.165, 1.54) is 11.8 Å². The van der Waals surface area contributed by atoms with Crippen molar-refractivity contribution >= 4 is 23.4 Å². The molecule has 1 aromatic carbocycles. The fourth-order valence-electron chi connectivity index (χ4n) is 1.85. The summed E-state index contributed by atoms with van der Waals surface area (Å²) < 4.78 is 5.61. The maximum absolute atomic E-state index is 10.9. The molecule has 0 spiro atoms. The molecule has 0 radical (unpaired) electrons. The molecule has 0 aliphatic rings. The van der Waals surface area contributed by atoms with Crippen LogP contribution in [-0.4, -0.2) is 11.7 Å². The third-order valence-corrected chi connectivity index (χ3v) is 3.91. The van der Waals surface area contributed by atoms with Crippen molar-refractivity contribution in [3.05, 3.63) is 47.9 Å². The molecular formula is C15H18N2O2S. The fraction of sp³-hybridized carbons (Fsp3) is 0.267. The Morgan fingerprint density at radius 2 is 2.10 bits per heavy atom. The van der Waals surface area contributed by atoms with Gasteiger partial charge < -0.3 is 15.5 Å². The van der Waals surface area contributed by atoms with E-state index in [9.17, 15) is 4.79 Å². The van der Waals surface area contributed by atoms with Crippen LogP contribution in [0.1, 0.15) is 24.5 Å². The average Bonchev–Trinajstić information content (AvgIpc) is 2.84. The van der Waals surface area contributed by atoms with Gasteiger partial charge in [-0.3, -0.25) is 4.79 Å². The predicted molar refractivity (Wildman–Crippen MR) is 81.8 cm³/mol. The van der Waals surface area contributed by atoms with E-state index < -0.39 is 0 Å². The Bertz CT molecular complexity index is 595. The number of para-hydroxylation sites is 1. The summed E-state index contributed by atoms with van der Waals surface area (Å²) in [7, 11) is 0. The minimum Gasteiger partial charge on any atom is -0.464 e. The molecule has 20 heavy (non-hydrogen) atoms. The SMILES string of the molecule is Cc1ccc(C(C)Nc2ccccc2SCC(N)=O)o1. The predicted octanol–water partition coefficient (Wildman–Crippen LogP) is 3.34. The van der Waals surface area contributed by atoms with Crippen molar-refractivity contribution < 1.29 is 9.21 Å². The van der Waals surface area contributed by atoms with E-state index in [1.807, 2.05) is 50.2 Å². The van der Waals surface area contributed by atoms with E-state index in [0.717, 1.165) is 22.1 Å². The molecule has 1 aromatic heterocycles. The van der Waals surface area contributed by atoms with Crippen LogP contribution < -0.4 is 11.1 Å². The average molecular weight is 290 g/mol. The first-order chi connectivity index (χ1) is 9.56. The Kier molecular flexibility index (Phi) is 4.74. The number of nitrogens with one attached hydrogen (secondary N) is 1. The van der Waals surface area contributed by atoms with E-state index in [4.69, 9.17) is 10.2 Å². The van der Waals surface area contributed by atoms with Gasteiger partial charge in [0.1, 0.15) is 11.5 Å². The van der Waals surface area contributed by atoms with Crippen molar-refractivity contribution in [3.8, 4) is 0 Å². The Labute approximate surface area is 122 Å². The number of amides is 1. The van der Waals surface area contributed by atoms with Gasteiger partial charge in [-0.1, -0.05) is 12.1 Å². The topological polar surface area (TPSA) is 68.3 Å². The van der Waals surface area contributed by atoms with Gasteiger partial charge in [-0.15, -0.1) is 11.8 Å². The van der Waals surface area contributed by atoms with Crippen LogP contribution in [0.2, 0.25) is 0 Å². The Morgan fingerprint density at radius 1 is 1.35 bits per heavy atom. The lowest BCUT2D eigenvalue weighted by Gasteiger charge is -2.16. The summed E-state index contributed by atoms with van der Waals surface area (Å²) >= 11 is 1.43. The van der Waals surface area contributed by atoms with Crippen molar-refractivity contribution in [3.63, 3.8) is 0 Å². The summed E-state index contributed by atoms with van der Waals surface area (Å²) in [6, 6.07) is 11.8. The highest BCUT2D eigenvalue weighted by atomic mass is 32.2. The van der Waals surface area contributed by atoms with Crippen LogP contribution >= 0.6 is 11.8 Å². The lowest BCUT2D eigenvalue weighted by atomic mass is 10.2. The van der Waals surface area contributed by atoms with Crippen LogP contribution in [-0.2, 0) is 4.79 Å². The molecule has 0 saturated heterocycles. The quantitative estimate of drug-likeness (QED) is 0.801. The Balaban J connectivity index is 2.10. The van der Waals surface area contributed by atoms with Crippen LogP contribution in [0.4, 0.5) is 5.69 Å². The van der Waals surface area contributed by atoms with Crippen LogP contribution in [0.5, 0.6) is 0 Å². The van der Waals surface area contributed by atoms with Crippen molar-refractivity contribution in [1.29, 1.82) is 0 Å². The zero-order valence-electron chi connectivity index (χ0n) is 11.6. The van der Waals surface area contributed by atoms with Crippen LogP contribution in [0.25, 0.3) is 0 Å². The number of thioether (sulfide) groups is 1. The lowest BCUT2D eigenvalue weighted by molar-refractivity contribution is -0.115. The second kappa shape index (κ2) is 6.52. The second-order valence-electron chi connectivity index (χ2n) is 4.57. The number of hydrogen-bond donors (Lipinski definition) is 2. The monoisotopic (exact) mass is 290 g/mol. The highest BCUT2D eigenvalue weighted by Crippen LogP contribution is 2.30. The highest BCUT2D eigenvalue weighted by Gasteiger charge is 2.12. The van der Waals surface area contributed by atoms with Gasteiger partial charge in [0.2, 0.25) is 5.91 Å². The number of benzene rings is 1. The largest absolute Gasteiger partial charge is 0.464 e. The molecular weight excluding hydrogens is 272 g/mol. The molecule has 3 N–H and O–H groups in total. The summed E-state index contributed by atoms with van der Waals surface area (Å²) in [4.78, 5) is 11.9. The van der Waals surface area contributed by atoms with Gasteiger partial charge in [0.05, 0.1) is 11.8 Å². The molecule has 1 heterocycles. The van der Waals surface area contributed by atoms with Gasteiger partial charge in [-0.25, -0.2) is 0 Å². The molecule has 4 nitrogen and oxygen atoms in total. The molecule has 0 aliphatic carbocycles. The molecule has 0 aliphatic heterocycles. The van der Waals surface area contributed by atoms with Gasteiger partial charge in [-0.2, -0.15) is 0 Å². The maximum Gasteiger partial charge on any atom is 0.227 e. The maximum atomic E-state index is 10.9. The zero-order chi connectivity index (χ0) is 14.5. The van der Waals surface area contributed by atoms with E-state index >= 15 is 0 Å². The molecule has 5 heteroatoms. The zero-order valence-corrected chi connectivity index (χ0v) is 12.4. The number of rotatable bonds is 6.